The van der Waals surface area contributed by atoms with E-state index in [1.807, 2.05) is 74.5 Å². The van der Waals surface area contributed by atoms with Gasteiger partial charge in [-0.25, -0.2) is 0 Å². The van der Waals surface area contributed by atoms with E-state index in [2.05, 4.69) is 190 Å². The van der Waals surface area contributed by atoms with Gasteiger partial charge in [0.2, 0.25) is 0 Å². The monoisotopic (exact) mass is 774 g/mol. The van der Waals surface area contributed by atoms with Crippen LogP contribution in [-0.2, 0) is 6.42 Å². The van der Waals surface area contributed by atoms with Gasteiger partial charge in [-0.1, -0.05) is 248 Å². The van der Waals surface area contributed by atoms with Crippen LogP contribution in [0.2, 0.25) is 0 Å². The van der Waals surface area contributed by atoms with Crippen LogP contribution in [0.4, 0.5) is 5.69 Å². The van der Waals surface area contributed by atoms with E-state index in [1.165, 1.54) is 45.2 Å². The number of hydrogen-bond acceptors (Lipinski definition) is 1. The van der Waals surface area contributed by atoms with Crippen molar-refractivity contribution in [2.75, 3.05) is 12.1 Å². The van der Waals surface area contributed by atoms with Gasteiger partial charge in [-0.15, -0.1) is 0 Å². The van der Waals surface area contributed by atoms with Crippen molar-refractivity contribution < 1.29 is 0 Å². The molecule has 1 atom stereocenters. The molecule has 300 valence electrons. The summed E-state index contributed by atoms with van der Waals surface area (Å²) in [5, 5.41) is 5.50. The fraction of sp³-hybridized carbons (Fsp3) is 0.158. The Hall–Kier alpha value is -6.64. The maximum atomic E-state index is 4.65. The molecule has 1 aromatic heterocycles. The molecule has 5 aromatic carbocycles. The molecule has 0 bridgehead atoms. The Labute approximate surface area is 354 Å². The first kappa shape index (κ1) is 45.1. The molecule has 0 fully saturated rings. The van der Waals surface area contributed by atoms with Gasteiger partial charge in [0.1, 0.15) is 0 Å². The lowest BCUT2D eigenvalue weighted by Gasteiger charge is -2.25. The summed E-state index contributed by atoms with van der Waals surface area (Å²) < 4.78 is 2.25. The van der Waals surface area contributed by atoms with Gasteiger partial charge in [0.05, 0.1) is 16.6 Å². The Morgan fingerprint density at radius 2 is 1.32 bits per heavy atom. The number of para-hydroxylation sites is 2. The Balaban J connectivity index is 0.000000618. The molecule has 0 N–H and O–H groups in total. The third kappa shape index (κ3) is 12.7. The summed E-state index contributed by atoms with van der Waals surface area (Å²) in [6.07, 6.45) is 26.1. The van der Waals surface area contributed by atoms with Gasteiger partial charge in [-0.05, 0) is 58.4 Å². The van der Waals surface area contributed by atoms with Gasteiger partial charge in [0.25, 0.3) is 0 Å². The Morgan fingerprint density at radius 3 is 2.02 bits per heavy atom. The lowest BCUT2D eigenvalue weighted by Crippen LogP contribution is -2.38. The number of allylic oxidation sites excluding steroid dienone is 11. The van der Waals surface area contributed by atoms with Crippen molar-refractivity contribution in [1.82, 2.24) is 4.68 Å². The summed E-state index contributed by atoms with van der Waals surface area (Å²) >= 11 is 0. The van der Waals surface area contributed by atoms with Gasteiger partial charge in [-0.3, -0.25) is 9.69 Å². The van der Waals surface area contributed by atoms with E-state index >= 15 is 0 Å². The predicted molar refractivity (Wildman–Crippen MR) is 263 cm³/mol. The zero-order chi connectivity index (χ0) is 42.2. The quantitative estimate of drug-likeness (QED) is 0.119. The standard InChI is InChI=1S/C46H42N2.C6H6.C3H8.C2H6/c1-5-7-8-12-22-38-34-39(43-25-15-14-24-42(38)43)31-32-41-35(3)48(46-28-18-16-26-44(41)46)47(4)45-27-17-13-23-40(45)33-37(19-6-2)30-29-36-20-10-9-11-21-36;1-2-4-6-5-3-1;1-3-2;1-2/h5-32,38H,1-3,33-34H2,4H3;1-6H;3H2,1-2H3;1-2H3/b8-7-,22-12-,30-29?,37-19+,39-31+,41-32+;;;. The summed E-state index contributed by atoms with van der Waals surface area (Å²) in [4.78, 5) is 0. The molecule has 0 aliphatic heterocycles. The Morgan fingerprint density at radius 1 is 0.712 bits per heavy atom. The summed E-state index contributed by atoms with van der Waals surface area (Å²) in [5.41, 5.74) is 9.86. The predicted octanol–water partition coefficient (Wildman–Crippen LogP) is 14.1. The summed E-state index contributed by atoms with van der Waals surface area (Å²) in [6, 6.07) is 48.4. The average molecular weight is 775 g/mol. The molecule has 0 amide bonds. The second kappa shape index (κ2) is 24.9. The molecule has 1 unspecified atom stereocenters. The smallest absolute Gasteiger partial charge is 0.0711 e. The number of anilines is 1. The highest BCUT2D eigenvalue weighted by Crippen LogP contribution is 2.41. The van der Waals surface area contributed by atoms with Gasteiger partial charge in [0.15, 0.2) is 0 Å². The summed E-state index contributed by atoms with van der Waals surface area (Å²) in [6.45, 7) is 20.7. The average Bonchev–Trinajstić information content (AvgIpc) is 3.78. The van der Waals surface area contributed by atoms with Crippen LogP contribution in [0, 0.1) is 0 Å². The van der Waals surface area contributed by atoms with Crippen molar-refractivity contribution >= 4 is 40.9 Å². The first-order valence-corrected chi connectivity index (χ1v) is 20.9. The first-order chi connectivity index (χ1) is 29.0. The normalized spacial score (nSPS) is 14.3. The zero-order valence-corrected chi connectivity index (χ0v) is 35.8. The number of nitrogens with zero attached hydrogens (tertiary/aromatic N) is 2. The number of fused-ring (bicyclic) bond motifs is 2. The molecule has 59 heavy (non-hydrogen) atoms. The molecule has 0 radical (unpaired) electrons. The highest BCUT2D eigenvalue weighted by Gasteiger charge is 2.23. The van der Waals surface area contributed by atoms with E-state index in [0.717, 1.165) is 34.6 Å². The van der Waals surface area contributed by atoms with Gasteiger partial charge in [0, 0.05) is 23.6 Å². The molecule has 1 aliphatic carbocycles. The van der Waals surface area contributed by atoms with E-state index in [4.69, 9.17) is 0 Å². The SMILES string of the molecule is C=C/C=C\C=C/C1C/C(=C\C=c2/c(=C)n(N(C)c3ccccc3C/C(C=Cc3ccccc3)=C/C=C)c3ccccc23)c2ccccc21.CC.CCC.c1ccccc1. The Bertz CT molecular complexity index is 2440. The number of aromatic nitrogens is 1. The molecule has 0 saturated heterocycles. The topological polar surface area (TPSA) is 8.17 Å². The van der Waals surface area contributed by atoms with Gasteiger partial charge in [-0.2, -0.15) is 0 Å². The third-order valence-electron chi connectivity index (χ3n) is 9.61. The van der Waals surface area contributed by atoms with Crippen molar-refractivity contribution in [3.8, 4) is 0 Å². The van der Waals surface area contributed by atoms with Crippen LogP contribution >= 0.6 is 0 Å². The molecular formula is C57H62N2. The molecular weight excluding hydrogens is 713 g/mol. The van der Waals surface area contributed by atoms with Gasteiger partial charge < -0.3 is 0 Å². The number of benzene rings is 5. The lowest BCUT2D eigenvalue weighted by molar-refractivity contribution is 0.778. The van der Waals surface area contributed by atoms with Crippen molar-refractivity contribution in [2.24, 2.45) is 0 Å². The molecule has 2 nitrogen and oxygen atoms in total. The van der Waals surface area contributed by atoms with Crippen molar-refractivity contribution in [3.63, 3.8) is 0 Å². The van der Waals surface area contributed by atoms with Crippen LogP contribution in [0.15, 0.2) is 213 Å². The third-order valence-corrected chi connectivity index (χ3v) is 9.61. The van der Waals surface area contributed by atoms with Crippen molar-refractivity contribution in [2.45, 2.75) is 52.9 Å². The highest BCUT2D eigenvalue weighted by atomic mass is 15.5. The maximum Gasteiger partial charge on any atom is 0.0711 e. The number of rotatable bonds is 11. The highest BCUT2D eigenvalue weighted by molar-refractivity contribution is 5.85. The maximum absolute atomic E-state index is 4.65. The van der Waals surface area contributed by atoms with Crippen LogP contribution in [0.5, 0.6) is 0 Å². The van der Waals surface area contributed by atoms with Gasteiger partial charge >= 0.3 is 0 Å². The van der Waals surface area contributed by atoms with Crippen molar-refractivity contribution in [3.05, 3.63) is 246 Å². The van der Waals surface area contributed by atoms with E-state index in [0.29, 0.717) is 5.92 Å². The van der Waals surface area contributed by atoms with E-state index in [-0.39, 0.29) is 0 Å². The molecule has 7 rings (SSSR count). The van der Waals surface area contributed by atoms with Crippen molar-refractivity contribution in [1.29, 1.82) is 0 Å². The number of hydrogen-bond donors (Lipinski definition) is 0. The molecule has 2 heteroatoms. The molecule has 0 saturated carbocycles. The molecule has 1 aliphatic rings. The fourth-order valence-corrected chi connectivity index (χ4v) is 7.03. The van der Waals surface area contributed by atoms with Crippen LogP contribution in [0.3, 0.4) is 0 Å². The Kier molecular flexibility index (Phi) is 19.0. The second-order valence-corrected chi connectivity index (χ2v) is 13.9. The molecule has 6 aromatic rings. The van der Waals surface area contributed by atoms with E-state index in [9.17, 15) is 0 Å². The summed E-state index contributed by atoms with van der Waals surface area (Å²) in [7, 11) is 2.13. The minimum absolute atomic E-state index is 0.348. The minimum Gasteiger partial charge on any atom is -0.284 e. The van der Waals surface area contributed by atoms with Crippen LogP contribution in [-0.4, -0.2) is 11.7 Å². The lowest BCUT2D eigenvalue weighted by atomic mass is 10.0. The molecule has 0 spiro atoms. The van der Waals surface area contributed by atoms with E-state index in [1.54, 1.807) is 6.08 Å². The van der Waals surface area contributed by atoms with Crippen LogP contribution < -0.4 is 15.6 Å². The van der Waals surface area contributed by atoms with E-state index < -0.39 is 0 Å². The van der Waals surface area contributed by atoms with Crippen LogP contribution in [0.1, 0.15) is 68.7 Å². The zero-order valence-electron chi connectivity index (χ0n) is 35.8. The molecule has 1 heterocycles. The fourth-order valence-electron chi connectivity index (χ4n) is 7.03. The summed E-state index contributed by atoms with van der Waals surface area (Å²) in [5.74, 6) is 0.348. The minimum atomic E-state index is 0.348. The second-order valence-electron chi connectivity index (χ2n) is 13.9. The largest absolute Gasteiger partial charge is 0.284 e. The van der Waals surface area contributed by atoms with Crippen LogP contribution in [0.25, 0.3) is 35.2 Å². The first-order valence-electron chi connectivity index (χ1n) is 20.9.